The summed E-state index contributed by atoms with van der Waals surface area (Å²) in [7, 11) is -5.03. The van der Waals surface area contributed by atoms with E-state index in [4.69, 9.17) is 0 Å². The summed E-state index contributed by atoms with van der Waals surface area (Å²) in [6.07, 6.45) is 0.723. The lowest BCUT2D eigenvalue weighted by Crippen LogP contribution is -2.33. The molecule has 0 saturated heterocycles. The topological polar surface area (TPSA) is 107 Å². The zero-order valence-corrected chi connectivity index (χ0v) is 14.4. The van der Waals surface area contributed by atoms with E-state index in [2.05, 4.69) is 8.92 Å². The highest BCUT2D eigenvalue weighted by molar-refractivity contribution is 7.87. The van der Waals surface area contributed by atoms with E-state index in [0.29, 0.717) is 12.8 Å². The zero-order chi connectivity index (χ0) is 19.4. The van der Waals surface area contributed by atoms with E-state index in [0.717, 1.165) is 7.11 Å². The van der Waals surface area contributed by atoms with Crippen molar-refractivity contribution in [3.63, 3.8) is 0 Å². The molecule has 0 aromatic rings. The molecule has 7 nitrogen and oxygen atoms in total. The van der Waals surface area contributed by atoms with E-state index in [1.165, 1.54) is 0 Å². The highest BCUT2D eigenvalue weighted by Gasteiger charge is 2.50. The second-order valence-corrected chi connectivity index (χ2v) is 7.17. The lowest BCUT2D eigenvalue weighted by atomic mass is 9.78. The highest BCUT2D eigenvalue weighted by atomic mass is 32.2. The van der Waals surface area contributed by atoms with Crippen LogP contribution < -0.4 is 0 Å². The van der Waals surface area contributed by atoms with Crippen molar-refractivity contribution in [2.75, 3.05) is 7.11 Å². The first-order valence-corrected chi connectivity index (χ1v) is 8.90. The minimum absolute atomic E-state index is 0.126. The number of carboxylic acid groups (broad SMARTS) is 1. The summed E-state index contributed by atoms with van der Waals surface area (Å²) in [5.41, 5.74) is -6.16. The smallest absolute Gasteiger partial charge is 0.481 e. The largest absolute Gasteiger partial charge is 0.534 e. The molecule has 1 aliphatic carbocycles. The van der Waals surface area contributed by atoms with E-state index >= 15 is 0 Å². The summed E-state index contributed by atoms with van der Waals surface area (Å²) in [5.74, 6) is -5.01. The van der Waals surface area contributed by atoms with Gasteiger partial charge in [0.05, 0.1) is 18.6 Å². The Morgan fingerprint density at radius 2 is 1.92 bits per heavy atom. The number of ether oxygens (including phenoxy) is 1. The van der Waals surface area contributed by atoms with Crippen molar-refractivity contribution in [3.8, 4) is 0 Å². The summed E-state index contributed by atoms with van der Waals surface area (Å²) in [6, 6.07) is 0. The second-order valence-electron chi connectivity index (χ2n) is 5.63. The molecule has 11 heteroatoms. The van der Waals surface area contributed by atoms with Gasteiger partial charge in [0.2, 0.25) is 0 Å². The molecule has 2 atom stereocenters. The summed E-state index contributed by atoms with van der Waals surface area (Å²) in [5, 5.41) is 9.19. The molecule has 0 spiro atoms. The Hall–Kier alpha value is -1.78. The van der Waals surface area contributed by atoms with Crippen LogP contribution >= 0.6 is 0 Å². The predicted molar refractivity (Wildman–Crippen MR) is 78.5 cm³/mol. The van der Waals surface area contributed by atoms with Crippen LogP contribution in [0.25, 0.3) is 0 Å². The molecule has 0 bridgehead atoms. The first-order chi connectivity index (χ1) is 11.4. The fraction of sp³-hybridized carbons (Fsp3) is 0.714. The van der Waals surface area contributed by atoms with Crippen molar-refractivity contribution in [1.82, 2.24) is 0 Å². The Kier molecular flexibility index (Phi) is 6.86. The number of rotatable bonds is 7. The Labute approximate surface area is 142 Å². The van der Waals surface area contributed by atoms with Crippen LogP contribution in [-0.4, -0.2) is 38.1 Å². The van der Waals surface area contributed by atoms with Gasteiger partial charge >= 0.3 is 27.6 Å². The molecule has 0 heterocycles. The Morgan fingerprint density at radius 1 is 1.32 bits per heavy atom. The van der Waals surface area contributed by atoms with E-state index in [9.17, 15) is 36.3 Å². The van der Waals surface area contributed by atoms with Crippen LogP contribution in [0.4, 0.5) is 13.2 Å². The first kappa shape index (κ1) is 21.3. The quantitative estimate of drug-likeness (QED) is 0.406. The lowest BCUT2D eigenvalue weighted by Gasteiger charge is -2.30. The van der Waals surface area contributed by atoms with Crippen LogP contribution in [0.15, 0.2) is 11.3 Å². The maximum atomic E-state index is 12.6. The van der Waals surface area contributed by atoms with Crippen molar-refractivity contribution < 1.29 is 45.2 Å². The monoisotopic (exact) mass is 388 g/mol. The van der Waals surface area contributed by atoms with Gasteiger partial charge in [0.1, 0.15) is 5.76 Å². The average molecular weight is 388 g/mol. The molecule has 144 valence electrons. The number of allylic oxidation sites excluding steroid dienone is 1. The maximum absolute atomic E-state index is 12.6. The standard InChI is InChI=1S/C14H19F3O7S/c1-3-4-5-8-6-9(12(18)19)7-10(13(20)23-2)11(8)24-25(21,22)14(15,16)17/h8-9H,3-7H2,1-2H3,(H,18,19). The number of hydrogen-bond acceptors (Lipinski definition) is 6. The van der Waals surface area contributed by atoms with Gasteiger partial charge in [-0.3, -0.25) is 4.79 Å². The molecule has 1 N–H and O–H groups in total. The maximum Gasteiger partial charge on any atom is 0.534 e. The lowest BCUT2D eigenvalue weighted by molar-refractivity contribution is -0.143. The minimum atomic E-state index is -5.98. The third-order valence-electron chi connectivity index (χ3n) is 3.86. The first-order valence-electron chi connectivity index (χ1n) is 7.49. The zero-order valence-electron chi connectivity index (χ0n) is 13.6. The number of hydrogen-bond donors (Lipinski definition) is 1. The molecule has 0 aromatic heterocycles. The van der Waals surface area contributed by atoms with Crippen LogP contribution in [-0.2, 0) is 28.6 Å². The molecule has 0 fully saturated rings. The summed E-state index contributed by atoms with van der Waals surface area (Å²) in [6.45, 7) is 1.80. The fourth-order valence-electron chi connectivity index (χ4n) is 2.61. The molecule has 0 aromatic carbocycles. The van der Waals surface area contributed by atoms with Crippen molar-refractivity contribution in [2.24, 2.45) is 11.8 Å². The van der Waals surface area contributed by atoms with Crippen molar-refractivity contribution in [1.29, 1.82) is 0 Å². The molecule has 0 aliphatic heterocycles. The van der Waals surface area contributed by atoms with Gasteiger partial charge < -0.3 is 14.0 Å². The van der Waals surface area contributed by atoms with E-state index in [1.54, 1.807) is 6.92 Å². The molecule has 2 unspecified atom stereocenters. The molecular formula is C14H19F3O7S. The van der Waals surface area contributed by atoms with Gasteiger partial charge in [-0.1, -0.05) is 19.8 Å². The average Bonchev–Trinajstić information content (AvgIpc) is 2.51. The normalized spacial score (nSPS) is 21.8. The van der Waals surface area contributed by atoms with Crippen LogP contribution in [0.2, 0.25) is 0 Å². The molecule has 1 aliphatic rings. The Balaban J connectivity index is 3.40. The van der Waals surface area contributed by atoms with Gasteiger partial charge in [-0.2, -0.15) is 21.6 Å². The molecule has 0 radical (unpaired) electrons. The predicted octanol–water partition coefficient (Wildman–Crippen LogP) is 2.58. The van der Waals surface area contributed by atoms with Crippen molar-refractivity contribution >= 4 is 22.1 Å². The number of halogens is 3. The Morgan fingerprint density at radius 3 is 2.36 bits per heavy atom. The van der Waals surface area contributed by atoms with Gasteiger partial charge in [-0.15, -0.1) is 0 Å². The number of carbonyl (C=O) groups excluding carboxylic acids is 1. The molecule has 1 rings (SSSR count). The van der Waals surface area contributed by atoms with E-state index < -0.39 is 57.2 Å². The number of unbranched alkanes of at least 4 members (excludes halogenated alkanes) is 1. The molecular weight excluding hydrogens is 369 g/mol. The number of alkyl halides is 3. The third kappa shape index (κ3) is 5.10. The number of aliphatic carboxylic acids is 1. The highest BCUT2D eigenvalue weighted by Crippen LogP contribution is 2.41. The number of carboxylic acids is 1. The fourth-order valence-corrected chi connectivity index (χ4v) is 3.17. The van der Waals surface area contributed by atoms with E-state index in [1.807, 2.05) is 0 Å². The minimum Gasteiger partial charge on any atom is -0.481 e. The van der Waals surface area contributed by atoms with Crippen molar-refractivity contribution in [3.05, 3.63) is 11.3 Å². The Bertz CT molecular complexity index is 652. The summed E-state index contributed by atoms with van der Waals surface area (Å²) in [4.78, 5) is 23.1. The number of carbonyl (C=O) groups is 2. The van der Waals surface area contributed by atoms with Gasteiger partial charge in [-0.05, 0) is 19.3 Å². The van der Waals surface area contributed by atoms with Crippen LogP contribution in [0, 0.1) is 11.8 Å². The second kappa shape index (κ2) is 8.07. The van der Waals surface area contributed by atoms with Crippen LogP contribution in [0.5, 0.6) is 0 Å². The molecule has 25 heavy (non-hydrogen) atoms. The number of esters is 1. The van der Waals surface area contributed by atoms with Crippen LogP contribution in [0.3, 0.4) is 0 Å². The van der Waals surface area contributed by atoms with Gasteiger partial charge in [-0.25, -0.2) is 4.79 Å². The van der Waals surface area contributed by atoms with Crippen molar-refractivity contribution in [2.45, 2.75) is 44.5 Å². The number of methoxy groups -OCH3 is 1. The van der Waals surface area contributed by atoms with Gasteiger partial charge in [0.15, 0.2) is 0 Å². The third-order valence-corrected chi connectivity index (χ3v) is 4.82. The summed E-state index contributed by atoms with van der Waals surface area (Å²) < 4.78 is 69.3. The van der Waals surface area contributed by atoms with E-state index in [-0.39, 0.29) is 12.8 Å². The SMILES string of the molecule is CCCCC1CC(C(=O)O)CC(C(=O)OC)=C1OS(=O)(=O)C(F)(F)F. The van der Waals surface area contributed by atoms with Gasteiger partial charge in [0.25, 0.3) is 0 Å². The summed E-state index contributed by atoms with van der Waals surface area (Å²) >= 11 is 0. The molecule has 0 amide bonds. The molecule has 0 saturated carbocycles. The van der Waals surface area contributed by atoms with Gasteiger partial charge in [0, 0.05) is 5.92 Å². The van der Waals surface area contributed by atoms with Crippen LogP contribution in [0.1, 0.15) is 39.0 Å².